The van der Waals surface area contributed by atoms with E-state index in [1.54, 1.807) is 6.07 Å². The van der Waals surface area contributed by atoms with Gasteiger partial charge in [-0.15, -0.1) is 0 Å². The lowest BCUT2D eigenvalue weighted by molar-refractivity contribution is -0.145. The lowest BCUT2D eigenvalue weighted by Gasteiger charge is -2.25. The summed E-state index contributed by atoms with van der Waals surface area (Å²) in [5.74, 6) is -1.61. The number of hydrogen-bond acceptors (Lipinski definition) is 3. The highest BCUT2D eigenvalue weighted by molar-refractivity contribution is 9.10. The molecule has 2 aromatic rings. The Labute approximate surface area is 136 Å². The number of amides is 1. The van der Waals surface area contributed by atoms with E-state index in [9.17, 15) is 14.7 Å². The largest absolute Gasteiger partial charge is 0.479 e. The molecule has 0 saturated heterocycles. The number of benzene rings is 2. The van der Waals surface area contributed by atoms with E-state index in [1.807, 2.05) is 30.3 Å². The molecule has 2 N–H and O–H groups in total. The Balaban J connectivity index is 2.43. The Bertz CT molecular complexity index is 731. The maximum absolute atomic E-state index is 12.6. The molecule has 2 rings (SSSR count). The van der Waals surface area contributed by atoms with Crippen molar-refractivity contribution in [3.63, 3.8) is 0 Å². The third-order valence-corrected chi connectivity index (χ3v) is 3.82. The van der Waals surface area contributed by atoms with Crippen molar-refractivity contribution in [2.45, 2.75) is 12.5 Å². The summed E-state index contributed by atoms with van der Waals surface area (Å²) in [5.41, 5.74) is -1.08. The molecule has 0 aromatic heterocycles. The lowest BCUT2D eigenvalue weighted by Crippen LogP contribution is -2.55. The average Bonchev–Trinajstić information content (AvgIpc) is 2.46. The first kappa shape index (κ1) is 16.5. The number of aliphatic carboxylic acids is 1. The van der Waals surface area contributed by atoms with Crippen LogP contribution in [0.5, 0.6) is 0 Å². The minimum atomic E-state index is -1.49. The maximum Gasteiger partial charge on any atom is 0.331 e. The summed E-state index contributed by atoms with van der Waals surface area (Å²) in [4.78, 5) is 24.0. The lowest BCUT2D eigenvalue weighted by atomic mass is 10.0. The Kier molecular flexibility index (Phi) is 4.83. The van der Waals surface area contributed by atoms with Gasteiger partial charge in [0.1, 0.15) is 0 Å². The van der Waals surface area contributed by atoms with Crippen LogP contribution in [-0.4, -0.2) is 36.2 Å². The van der Waals surface area contributed by atoms with Crippen LogP contribution in [0.4, 0.5) is 0 Å². The van der Waals surface area contributed by atoms with Crippen molar-refractivity contribution in [3.05, 3.63) is 46.4 Å². The molecule has 0 aliphatic heterocycles. The molecule has 0 bridgehead atoms. The zero-order valence-corrected chi connectivity index (χ0v) is 13.8. The molecule has 1 unspecified atom stereocenters. The minimum Gasteiger partial charge on any atom is -0.479 e. The summed E-state index contributed by atoms with van der Waals surface area (Å²) in [6.07, 6.45) is 0. The zero-order valence-electron chi connectivity index (χ0n) is 12.2. The number of carboxylic acids is 1. The smallest absolute Gasteiger partial charge is 0.331 e. The fourth-order valence-electron chi connectivity index (χ4n) is 2.22. The molecule has 1 amide bonds. The first-order valence-corrected chi connectivity index (χ1v) is 7.40. The monoisotopic (exact) mass is 365 g/mol. The van der Waals surface area contributed by atoms with Crippen molar-refractivity contribution in [2.24, 2.45) is 0 Å². The Hall–Kier alpha value is -1.92. The number of ether oxygens (including phenoxy) is 1. The van der Waals surface area contributed by atoms with E-state index >= 15 is 0 Å². The molecule has 0 radical (unpaired) electrons. The van der Waals surface area contributed by atoms with Crippen LogP contribution >= 0.6 is 15.9 Å². The predicted octanol–water partition coefficient (Wildman–Crippen LogP) is 2.82. The van der Waals surface area contributed by atoms with Gasteiger partial charge in [0.25, 0.3) is 5.91 Å². The number of methoxy groups -OCH3 is 1. The number of nitrogens with one attached hydrogen (secondary N) is 1. The fourth-order valence-corrected chi connectivity index (χ4v) is 2.70. The number of carboxylic acid groups (broad SMARTS) is 1. The zero-order chi connectivity index (χ0) is 16.3. The van der Waals surface area contributed by atoms with Gasteiger partial charge < -0.3 is 15.2 Å². The van der Waals surface area contributed by atoms with Crippen molar-refractivity contribution >= 4 is 38.6 Å². The van der Waals surface area contributed by atoms with Gasteiger partial charge in [0, 0.05) is 17.1 Å². The van der Waals surface area contributed by atoms with E-state index in [1.165, 1.54) is 14.0 Å². The summed E-state index contributed by atoms with van der Waals surface area (Å²) in [6.45, 7) is 1.29. The van der Waals surface area contributed by atoms with Crippen LogP contribution in [-0.2, 0) is 9.53 Å². The van der Waals surface area contributed by atoms with Crippen molar-refractivity contribution in [1.82, 2.24) is 5.32 Å². The molecular weight excluding hydrogens is 350 g/mol. The van der Waals surface area contributed by atoms with Gasteiger partial charge >= 0.3 is 5.97 Å². The van der Waals surface area contributed by atoms with E-state index in [0.717, 1.165) is 15.2 Å². The summed E-state index contributed by atoms with van der Waals surface area (Å²) >= 11 is 3.37. The van der Waals surface area contributed by atoms with Crippen LogP contribution in [0, 0.1) is 0 Å². The SMILES string of the molecule is COCC(C)(NC(=O)c1cc(Br)cc2ccccc12)C(=O)O. The molecule has 116 valence electrons. The number of halogens is 1. The predicted molar refractivity (Wildman–Crippen MR) is 87.0 cm³/mol. The molecule has 5 nitrogen and oxygen atoms in total. The summed E-state index contributed by atoms with van der Waals surface area (Å²) in [7, 11) is 1.39. The van der Waals surface area contributed by atoms with Gasteiger partial charge in [-0.25, -0.2) is 4.79 Å². The summed E-state index contributed by atoms with van der Waals surface area (Å²) < 4.78 is 5.66. The molecule has 6 heteroatoms. The van der Waals surface area contributed by atoms with Crippen molar-refractivity contribution in [1.29, 1.82) is 0 Å². The fraction of sp³-hybridized carbons (Fsp3) is 0.250. The summed E-state index contributed by atoms with van der Waals surface area (Å²) in [5, 5.41) is 13.5. The number of hydrogen-bond donors (Lipinski definition) is 2. The van der Waals surface area contributed by atoms with Crippen LogP contribution in [0.2, 0.25) is 0 Å². The van der Waals surface area contributed by atoms with E-state index in [4.69, 9.17) is 4.74 Å². The van der Waals surface area contributed by atoms with Gasteiger partial charge in [0.15, 0.2) is 5.54 Å². The quantitative estimate of drug-likeness (QED) is 0.853. The number of carbonyl (C=O) groups is 2. The molecule has 0 aliphatic rings. The normalized spacial score (nSPS) is 13.6. The first-order valence-electron chi connectivity index (χ1n) is 6.60. The molecule has 2 aromatic carbocycles. The second kappa shape index (κ2) is 6.46. The van der Waals surface area contributed by atoms with Crippen LogP contribution in [0.25, 0.3) is 10.8 Å². The maximum atomic E-state index is 12.6. The molecule has 22 heavy (non-hydrogen) atoms. The third-order valence-electron chi connectivity index (χ3n) is 3.37. The Morgan fingerprint density at radius 1 is 1.32 bits per heavy atom. The van der Waals surface area contributed by atoms with Crippen LogP contribution in [0.1, 0.15) is 17.3 Å². The Morgan fingerprint density at radius 2 is 2.00 bits per heavy atom. The number of fused-ring (bicyclic) bond motifs is 1. The molecule has 0 spiro atoms. The van der Waals surface area contributed by atoms with E-state index in [-0.39, 0.29) is 6.61 Å². The molecule has 0 saturated carbocycles. The highest BCUT2D eigenvalue weighted by atomic mass is 79.9. The first-order chi connectivity index (χ1) is 10.4. The second-order valence-electron chi connectivity index (χ2n) is 5.20. The van der Waals surface area contributed by atoms with Gasteiger partial charge in [-0.3, -0.25) is 4.79 Å². The van der Waals surface area contributed by atoms with E-state index in [2.05, 4.69) is 21.2 Å². The van der Waals surface area contributed by atoms with E-state index in [0.29, 0.717) is 5.56 Å². The van der Waals surface area contributed by atoms with Crippen molar-refractivity contribution in [3.8, 4) is 0 Å². The topological polar surface area (TPSA) is 75.6 Å². The van der Waals surface area contributed by atoms with Crippen molar-refractivity contribution < 1.29 is 19.4 Å². The van der Waals surface area contributed by atoms with Crippen LogP contribution in [0.3, 0.4) is 0 Å². The molecule has 0 fully saturated rings. The highest BCUT2D eigenvalue weighted by Gasteiger charge is 2.35. The highest BCUT2D eigenvalue weighted by Crippen LogP contribution is 2.24. The van der Waals surface area contributed by atoms with Gasteiger partial charge in [0.05, 0.1) is 6.61 Å². The minimum absolute atomic E-state index is 0.125. The number of rotatable bonds is 5. The van der Waals surface area contributed by atoms with E-state index < -0.39 is 17.4 Å². The molecular formula is C16H16BrNO4. The van der Waals surface area contributed by atoms with Crippen molar-refractivity contribution in [2.75, 3.05) is 13.7 Å². The van der Waals surface area contributed by atoms with Gasteiger partial charge in [-0.1, -0.05) is 40.2 Å². The standard InChI is InChI=1S/C16H16BrNO4/c1-16(9-22-2,15(20)21)18-14(19)13-8-11(17)7-10-5-3-4-6-12(10)13/h3-8H,9H2,1-2H3,(H,18,19)(H,20,21). The third kappa shape index (κ3) is 3.28. The Morgan fingerprint density at radius 3 is 2.64 bits per heavy atom. The van der Waals surface area contributed by atoms with Gasteiger partial charge in [-0.2, -0.15) is 0 Å². The average molecular weight is 366 g/mol. The van der Waals surface area contributed by atoms with Gasteiger partial charge in [-0.05, 0) is 29.8 Å². The summed E-state index contributed by atoms with van der Waals surface area (Å²) in [6, 6.07) is 11.0. The number of carbonyl (C=O) groups excluding carboxylic acids is 1. The van der Waals surface area contributed by atoms with Gasteiger partial charge in [0.2, 0.25) is 0 Å². The van der Waals surface area contributed by atoms with Crippen LogP contribution < -0.4 is 5.32 Å². The molecule has 0 heterocycles. The second-order valence-corrected chi connectivity index (χ2v) is 6.11. The van der Waals surface area contributed by atoms with Crippen LogP contribution in [0.15, 0.2) is 40.9 Å². The molecule has 0 aliphatic carbocycles. The molecule has 1 atom stereocenters.